The van der Waals surface area contributed by atoms with Crippen LogP contribution in [0.15, 0.2) is 54.9 Å². The van der Waals surface area contributed by atoms with E-state index < -0.39 is 0 Å². The second kappa shape index (κ2) is 10.2. The van der Waals surface area contributed by atoms with E-state index in [1.54, 1.807) is 6.20 Å². The molecule has 0 aliphatic carbocycles. The molecule has 0 saturated carbocycles. The Labute approximate surface area is 176 Å². The Morgan fingerprint density at radius 3 is 2.79 bits per heavy atom. The second-order valence-electron chi connectivity index (χ2n) is 6.40. The summed E-state index contributed by atoms with van der Waals surface area (Å²) in [5.74, 6) is -0.00238. The van der Waals surface area contributed by atoms with Gasteiger partial charge in [0.2, 0.25) is 5.91 Å². The van der Waals surface area contributed by atoms with Gasteiger partial charge in [-0.2, -0.15) is 5.10 Å². The molecule has 0 atom stereocenters. The van der Waals surface area contributed by atoms with E-state index in [4.69, 9.17) is 0 Å². The summed E-state index contributed by atoms with van der Waals surface area (Å²) in [6.07, 6.45) is 4.63. The monoisotopic (exact) mass is 419 g/mol. The van der Waals surface area contributed by atoms with Gasteiger partial charge in [0, 0.05) is 49.6 Å². The first-order valence-electron chi connectivity index (χ1n) is 8.84. The highest BCUT2D eigenvalue weighted by atomic mass is 35.5. The molecule has 0 radical (unpaired) electrons. The van der Waals surface area contributed by atoms with Crippen molar-refractivity contribution in [2.24, 2.45) is 0 Å². The zero-order valence-corrected chi connectivity index (χ0v) is 16.9. The maximum Gasteiger partial charge on any atom is 0.224 e. The average molecular weight is 420 g/mol. The lowest BCUT2D eigenvalue weighted by atomic mass is 10.1. The van der Waals surface area contributed by atoms with E-state index >= 15 is 0 Å². The van der Waals surface area contributed by atoms with Crippen LogP contribution in [-0.4, -0.2) is 27.2 Å². The van der Waals surface area contributed by atoms with Crippen LogP contribution in [0.25, 0.3) is 11.1 Å². The number of nitrogens with one attached hydrogen (secondary N) is 2. The average Bonchev–Trinajstić information content (AvgIpc) is 3.10. The minimum absolute atomic E-state index is 0. The van der Waals surface area contributed by atoms with Crippen molar-refractivity contribution in [3.63, 3.8) is 0 Å². The van der Waals surface area contributed by atoms with Gasteiger partial charge in [-0.15, -0.1) is 24.8 Å². The molecule has 1 aliphatic rings. The van der Waals surface area contributed by atoms with Gasteiger partial charge in [-0.1, -0.05) is 18.2 Å². The minimum Gasteiger partial charge on any atom is -0.326 e. The molecule has 0 unspecified atom stereocenters. The molecule has 4 rings (SSSR count). The third-order valence-electron chi connectivity index (χ3n) is 4.47. The predicted octanol–water partition coefficient (Wildman–Crippen LogP) is 3.46. The molecule has 28 heavy (non-hydrogen) atoms. The number of fused-ring (bicyclic) bond motifs is 1. The Kier molecular flexibility index (Phi) is 7.99. The van der Waals surface area contributed by atoms with E-state index in [2.05, 4.69) is 26.8 Å². The summed E-state index contributed by atoms with van der Waals surface area (Å²) in [6.45, 7) is 2.69. The van der Waals surface area contributed by atoms with Crippen LogP contribution in [0.4, 0.5) is 5.69 Å². The predicted molar refractivity (Wildman–Crippen MR) is 115 cm³/mol. The number of nitrogens with zero attached hydrogens (tertiary/aromatic N) is 3. The van der Waals surface area contributed by atoms with Crippen molar-refractivity contribution in [2.45, 2.75) is 25.9 Å². The summed E-state index contributed by atoms with van der Waals surface area (Å²) >= 11 is 0. The third kappa shape index (κ3) is 5.32. The standard InChI is InChI=1S/C20H21N5O.2ClH/c26-20(7-6-18-12-19-14-22-9-10-25(19)24-18)23-17-5-1-3-15(11-17)16-4-2-8-21-13-16;;/h1-5,8,11-13,22H,6-7,9-10,14H2,(H,23,26);2*1H. The molecule has 0 saturated heterocycles. The molecule has 8 heteroatoms. The van der Waals surface area contributed by atoms with E-state index in [1.807, 2.05) is 47.3 Å². The van der Waals surface area contributed by atoms with E-state index in [-0.39, 0.29) is 30.7 Å². The Hall–Kier alpha value is -2.41. The van der Waals surface area contributed by atoms with Gasteiger partial charge in [-0.05, 0) is 29.8 Å². The summed E-state index contributed by atoms with van der Waals surface area (Å²) in [5, 5.41) is 10.9. The zero-order valence-electron chi connectivity index (χ0n) is 15.3. The van der Waals surface area contributed by atoms with Gasteiger partial charge in [-0.25, -0.2) is 0 Å². The Bertz CT molecular complexity index is 890. The van der Waals surface area contributed by atoms with Crippen LogP contribution in [0.3, 0.4) is 0 Å². The fourth-order valence-electron chi connectivity index (χ4n) is 3.15. The first-order valence-corrected chi connectivity index (χ1v) is 8.84. The first-order chi connectivity index (χ1) is 12.8. The smallest absolute Gasteiger partial charge is 0.224 e. The quantitative estimate of drug-likeness (QED) is 0.663. The summed E-state index contributed by atoms with van der Waals surface area (Å²) in [4.78, 5) is 16.4. The van der Waals surface area contributed by atoms with E-state index in [1.165, 1.54) is 5.69 Å². The lowest BCUT2D eigenvalue weighted by Crippen LogP contribution is -2.28. The fourth-order valence-corrected chi connectivity index (χ4v) is 3.15. The second-order valence-corrected chi connectivity index (χ2v) is 6.40. The van der Waals surface area contributed by atoms with Gasteiger partial charge in [0.1, 0.15) is 0 Å². The summed E-state index contributed by atoms with van der Waals surface area (Å²) in [6, 6.07) is 13.8. The number of benzene rings is 1. The number of hydrogen-bond acceptors (Lipinski definition) is 4. The number of amides is 1. The molecule has 1 amide bonds. The lowest BCUT2D eigenvalue weighted by Gasteiger charge is -2.13. The third-order valence-corrected chi connectivity index (χ3v) is 4.47. The molecule has 0 fully saturated rings. The van der Waals surface area contributed by atoms with Crippen LogP contribution in [-0.2, 0) is 24.3 Å². The van der Waals surface area contributed by atoms with Crippen molar-refractivity contribution < 1.29 is 4.79 Å². The number of anilines is 1. The number of hydrogen-bond donors (Lipinski definition) is 2. The molecule has 6 nitrogen and oxygen atoms in total. The summed E-state index contributed by atoms with van der Waals surface area (Å²) < 4.78 is 2.03. The molecular formula is C20H23Cl2N5O. The van der Waals surface area contributed by atoms with E-state index in [9.17, 15) is 4.79 Å². The lowest BCUT2D eigenvalue weighted by molar-refractivity contribution is -0.116. The van der Waals surface area contributed by atoms with Crippen molar-refractivity contribution in [1.29, 1.82) is 0 Å². The number of carbonyl (C=O) groups excluding carboxylic acids is 1. The molecular weight excluding hydrogens is 397 g/mol. The topological polar surface area (TPSA) is 71.8 Å². The molecule has 2 N–H and O–H groups in total. The zero-order chi connectivity index (χ0) is 17.8. The number of pyridine rings is 1. The van der Waals surface area contributed by atoms with Gasteiger partial charge >= 0.3 is 0 Å². The SMILES string of the molecule is Cl.Cl.O=C(CCc1cc2n(n1)CCNC2)Nc1cccc(-c2cccnc2)c1. The Balaban J connectivity index is 0.00000140. The molecule has 1 aromatic carbocycles. The van der Waals surface area contributed by atoms with Gasteiger partial charge in [0.25, 0.3) is 0 Å². The van der Waals surface area contributed by atoms with Gasteiger partial charge in [0.05, 0.1) is 17.9 Å². The fraction of sp³-hybridized carbons (Fsp3) is 0.250. The molecule has 0 bridgehead atoms. The maximum atomic E-state index is 12.3. The Morgan fingerprint density at radius 2 is 2.00 bits per heavy atom. The van der Waals surface area contributed by atoms with Gasteiger partial charge < -0.3 is 10.6 Å². The van der Waals surface area contributed by atoms with Gasteiger partial charge in [0.15, 0.2) is 0 Å². The highest BCUT2D eigenvalue weighted by Crippen LogP contribution is 2.21. The Morgan fingerprint density at radius 1 is 1.14 bits per heavy atom. The van der Waals surface area contributed by atoms with Gasteiger partial charge in [-0.3, -0.25) is 14.5 Å². The number of halogens is 2. The van der Waals surface area contributed by atoms with Crippen molar-refractivity contribution in [3.05, 3.63) is 66.2 Å². The normalized spacial score (nSPS) is 12.3. The van der Waals surface area contributed by atoms with Crippen molar-refractivity contribution in [2.75, 3.05) is 11.9 Å². The maximum absolute atomic E-state index is 12.3. The van der Waals surface area contributed by atoms with Crippen LogP contribution in [0.2, 0.25) is 0 Å². The molecule has 0 spiro atoms. The van der Waals surface area contributed by atoms with E-state index in [0.717, 1.165) is 42.1 Å². The first kappa shape index (κ1) is 21.9. The van der Waals surface area contributed by atoms with Crippen LogP contribution >= 0.6 is 24.8 Å². The largest absolute Gasteiger partial charge is 0.326 e. The van der Waals surface area contributed by atoms with Crippen LogP contribution in [0, 0.1) is 0 Å². The molecule has 148 valence electrons. The van der Waals surface area contributed by atoms with Crippen molar-refractivity contribution >= 4 is 36.4 Å². The summed E-state index contributed by atoms with van der Waals surface area (Å²) in [5.41, 5.74) is 5.02. The minimum atomic E-state index is -0.00238. The van der Waals surface area contributed by atoms with E-state index in [0.29, 0.717) is 12.8 Å². The molecule has 1 aliphatic heterocycles. The molecule has 2 aromatic heterocycles. The van der Waals surface area contributed by atoms with Crippen LogP contribution < -0.4 is 10.6 Å². The highest BCUT2D eigenvalue weighted by Gasteiger charge is 2.12. The molecule has 3 aromatic rings. The number of aryl methyl sites for hydroxylation is 1. The van der Waals surface area contributed by atoms with Crippen LogP contribution in [0.5, 0.6) is 0 Å². The number of rotatable bonds is 5. The molecule has 3 heterocycles. The van der Waals surface area contributed by atoms with Crippen molar-refractivity contribution in [3.8, 4) is 11.1 Å². The van der Waals surface area contributed by atoms with Crippen LogP contribution in [0.1, 0.15) is 17.8 Å². The number of carbonyl (C=O) groups is 1. The number of aromatic nitrogens is 3. The highest BCUT2D eigenvalue weighted by molar-refractivity contribution is 5.91. The summed E-state index contributed by atoms with van der Waals surface area (Å²) in [7, 11) is 0. The van der Waals surface area contributed by atoms with Crippen molar-refractivity contribution in [1.82, 2.24) is 20.1 Å².